The summed E-state index contributed by atoms with van der Waals surface area (Å²) in [5, 5.41) is 2.83. The maximum Gasteiger partial charge on any atom is 0.290 e. The summed E-state index contributed by atoms with van der Waals surface area (Å²) >= 11 is 0. The van der Waals surface area contributed by atoms with Crippen LogP contribution < -0.4 is 24.3 Å². The number of hydrogen-bond donors (Lipinski definition) is 1. The third-order valence-electron chi connectivity index (χ3n) is 5.07. The number of aryl methyl sites for hydroxylation is 1. The van der Waals surface area contributed by atoms with Gasteiger partial charge in [0.1, 0.15) is 5.75 Å². The number of furan rings is 1. The highest BCUT2D eigenvalue weighted by molar-refractivity contribution is 5.91. The van der Waals surface area contributed by atoms with Crippen LogP contribution >= 0.6 is 0 Å². The van der Waals surface area contributed by atoms with Gasteiger partial charge in [0.05, 0.1) is 21.3 Å². The maximum atomic E-state index is 12.6. The fraction of sp³-hybridized carbons (Fsp3) is 0.320. The molecule has 0 bridgehead atoms. The standard InChI is InChI=1S/C25H29NO6/c1-15(2)18-8-7-16(3)20(13-18)32-23-10-9-19(31-23)25(27)26-14-17-11-21(28-4)24(30-6)22(12-17)29-5/h7-13,15H,14H2,1-6H3,(H,26,27). The highest BCUT2D eigenvalue weighted by atomic mass is 16.6. The van der Waals surface area contributed by atoms with Crippen LogP contribution in [0.25, 0.3) is 0 Å². The van der Waals surface area contributed by atoms with Crippen molar-refractivity contribution in [2.24, 2.45) is 0 Å². The van der Waals surface area contributed by atoms with Crippen LogP contribution in [0.3, 0.4) is 0 Å². The molecule has 2 aromatic carbocycles. The highest BCUT2D eigenvalue weighted by Crippen LogP contribution is 2.38. The second kappa shape index (κ2) is 10.1. The molecule has 1 heterocycles. The summed E-state index contributed by atoms with van der Waals surface area (Å²) in [5.74, 6) is 2.67. The van der Waals surface area contributed by atoms with Gasteiger partial charge in [-0.1, -0.05) is 26.0 Å². The minimum atomic E-state index is -0.360. The predicted molar refractivity (Wildman–Crippen MR) is 121 cm³/mol. The van der Waals surface area contributed by atoms with Crippen LogP contribution in [0.1, 0.15) is 47.0 Å². The molecule has 0 fully saturated rings. The van der Waals surface area contributed by atoms with Crippen molar-refractivity contribution in [3.05, 3.63) is 64.9 Å². The molecule has 32 heavy (non-hydrogen) atoms. The van der Waals surface area contributed by atoms with E-state index in [1.165, 1.54) is 5.56 Å². The van der Waals surface area contributed by atoms with Crippen molar-refractivity contribution in [2.45, 2.75) is 33.2 Å². The van der Waals surface area contributed by atoms with Crippen molar-refractivity contribution < 1.29 is 28.2 Å². The zero-order valence-electron chi connectivity index (χ0n) is 19.3. The highest BCUT2D eigenvalue weighted by Gasteiger charge is 2.16. The van der Waals surface area contributed by atoms with Gasteiger partial charge in [0, 0.05) is 12.6 Å². The summed E-state index contributed by atoms with van der Waals surface area (Å²) < 4.78 is 27.5. The molecular formula is C25H29NO6. The lowest BCUT2D eigenvalue weighted by atomic mass is 10.0. The predicted octanol–water partition coefficient (Wildman–Crippen LogP) is 5.46. The number of amides is 1. The van der Waals surface area contributed by atoms with Gasteiger partial charge >= 0.3 is 0 Å². The Morgan fingerprint density at radius 3 is 2.22 bits per heavy atom. The molecular weight excluding hydrogens is 410 g/mol. The van der Waals surface area contributed by atoms with Crippen LogP contribution in [0, 0.1) is 6.92 Å². The Morgan fingerprint density at radius 1 is 0.938 bits per heavy atom. The minimum absolute atomic E-state index is 0.158. The van der Waals surface area contributed by atoms with Crippen molar-refractivity contribution in [3.8, 4) is 28.9 Å². The molecule has 0 spiro atoms. The number of methoxy groups -OCH3 is 3. The molecule has 0 saturated carbocycles. The van der Waals surface area contributed by atoms with Gasteiger partial charge in [0.15, 0.2) is 17.3 Å². The second-order valence-electron chi connectivity index (χ2n) is 7.62. The van der Waals surface area contributed by atoms with Gasteiger partial charge in [0.2, 0.25) is 5.75 Å². The number of carbonyl (C=O) groups excluding carboxylic acids is 1. The van der Waals surface area contributed by atoms with E-state index in [2.05, 4.69) is 25.2 Å². The van der Waals surface area contributed by atoms with E-state index >= 15 is 0 Å². The number of ether oxygens (including phenoxy) is 4. The number of hydrogen-bond acceptors (Lipinski definition) is 6. The van der Waals surface area contributed by atoms with Gasteiger partial charge in [0.25, 0.3) is 11.9 Å². The Bertz CT molecular complexity index is 1060. The summed E-state index contributed by atoms with van der Waals surface area (Å²) in [6, 6.07) is 12.9. The van der Waals surface area contributed by atoms with Crippen LogP contribution in [-0.4, -0.2) is 27.2 Å². The van der Waals surface area contributed by atoms with Crippen LogP contribution in [-0.2, 0) is 6.54 Å². The van der Waals surface area contributed by atoms with Gasteiger partial charge in [-0.05, 0) is 53.8 Å². The fourth-order valence-corrected chi connectivity index (χ4v) is 3.20. The SMILES string of the molecule is COc1cc(CNC(=O)c2ccc(Oc3cc(C(C)C)ccc3C)o2)cc(OC)c1OC. The second-order valence-corrected chi connectivity index (χ2v) is 7.62. The van der Waals surface area contributed by atoms with Gasteiger partial charge in [-0.3, -0.25) is 4.79 Å². The molecule has 0 saturated heterocycles. The smallest absolute Gasteiger partial charge is 0.290 e. The molecule has 0 atom stereocenters. The number of carbonyl (C=O) groups is 1. The van der Waals surface area contributed by atoms with E-state index in [1.54, 1.807) is 45.6 Å². The first kappa shape index (κ1) is 23.1. The zero-order valence-corrected chi connectivity index (χ0v) is 19.3. The van der Waals surface area contributed by atoms with Crippen LogP contribution in [0.15, 0.2) is 46.9 Å². The van der Waals surface area contributed by atoms with E-state index in [-0.39, 0.29) is 24.2 Å². The average molecular weight is 440 g/mol. The molecule has 170 valence electrons. The molecule has 3 aromatic rings. The number of nitrogens with one attached hydrogen (secondary N) is 1. The minimum Gasteiger partial charge on any atom is -0.493 e. The van der Waals surface area contributed by atoms with Gasteiger partial charge in [-0.2, -0.15) is 0 Å². The normalized spacial score (nSPS) is 10.7. The Morgan fingerprint density at radius 2 is 1.62 bits per heavy atom. The van der Waals surface area contributed by atoms with Crippen molar-refractivity contribution in [1.29, 1.82) is 0 Å². The van der Waals surface area contributed by atoms with Crippen molar-refractivity contribution >= 4 is 5.91 Å². The monoisotopic (exact) mass is 439 g/mol. The van der Waals surface area contributed by atoms with Crippen molar-refractivity contribution in [2.75, 3.05) is 21.3 Å². The molecule has 0 unspecified atom stereocenters. The van der Waals surface area contributed by atoms with E-state index in [0.29, 0.717) is 28.9 Å². The van der Waals surface area contributed by atoms with Crippen molar-refractivity contribution in [3.63, 3.8) is 0 Å². The molecule has 0 radical (unpaired) electrons. The lowest BCUT2D eigenvalue weighted by molar-refractivity contribution is 0.0918. The lowest BCUT2D eigenvalue weighted by Gasteiger charge is -2.14. The molecule has 0 aliphatic carbocycles. The molecule has 1 aromatic heterocycles. The summed E-state index contributed by atoms with van der Waals surface area (Å²) in [5.41, 5.74) is 2.94. The summed E-state index contributed by atoms with van der Waals surface area (Å²) in [6.45, 7) is 6.46. The number of rotatable bonds is 9. The summed E-state index contributed by atoms with van der Waals surface area (Å²) in [7, 11) is 4.63. The van der Waals surface area contributed by atoms with Crippen LogP contribution in [0.2, 0.25) is 0 Å². The molecule has 0 aliphatic heterocycles. The third kappa shape index (κ3) is 5.17. The number of benzene rings is 2. The van der Waals surface area contributed by atoms with Crippen LogP contribution in [0.4, 0.5) is 0 Å². The van der Waals surface area contributed by atoms with E-state index in [9.17, 15) is 4.79 Å². The molecule has 3 rings (SSSR count). The third-order valence-corrected chi connectivity index (χ3v) is 5.07. The van der Waals surface area contributed by atoms with Gasteiger partial charge in [-0.25, -0.2) is 0 Å². The molecule has 1 amide bonds. The van der Waals surface area contributed by atoms with Gasteiger partial charge < -0.3 is 28.7 Å². The first-order valence-corrected chi connectivity index (χ1v) is 10.3. The first-order chi connectivity index (χ1) is 15.4. The average Bonchev–Trinajstić information content (AvgIpc) is 3.26. The molecule has 7 nitrogen and oxygen atoms in total. The Balaban J connectivity index is 1.69. The zero-order chi connectivity index (χ0) is 23.3. The lowest BCUT2D eigenvalue weighted by Crippen LogP contribution is -2.22. The van der Waals surface area contributed by atoms with Gasteiger partial charge in [-0.15, -0.1) is 0 Å². The van der Waals surface area contributed by atoms with Crippen molar-refractivity contribution in [1.82, 2.24) is 5.32 Å². The molecule has 1 N–H and O–H groups in total. The van der Waals surface area contributed by atoms with E-state index < -0.39 is 0 Å². The topological polar surface area (TPSA) is 79.2 Å². The summed E-state index contributed by atoms with van der Waals surface area (Å²) in [6.07, 6.45) is 0. The Kier molecular flexibility index (Phi) is 7.30. The Labute approximate surface area is 188 Å². The Hall–Kier alpha value is -3.61. The summed E-state index contributed by atoms with van der Waals surface area (Å²) in [4.78, 5) is 12.6. The van der Waals surface area contributed by atoms with E-state index in [1.807, 2.05) is 19.1 Å². The first-order valence-electron chi connectivity index (χ1n) is 10.3. The molecule has 0 aliphatic rings. The molecule has 7 heteroatoms. The van der Waals surface area contributed by atoms with Crippen LogP contribution in [0.5, 0.6) is 28.9 Å². The largest absolute Gasteiger partial charge is 0.493 e. The van der Waals surface area contributed by atoms with E-state index in [4.69, 9.17) is 23.4 Å². The quantitative estimate of drug-likeness (QED) is 0.477. The van der Waals surface area contributed by atoms with E-state index in [0.717, 1.165) is 11.1 Å². The maximum absolute atomic E-state index is 12.6. The fourth-order valence-electron chi connectivity index (χ4n) is 3.20.